The van der Waals surface area contributed by atoms with Crippen LogP contribution in [0.25, 0.3) is 0 Å². The van der Waals surface area contributed by atoms with E-state index in [1.54, 1.807) is 6.08 Å². The van der Waals surface area contributed by atoms with Gasteiger partial charge in [-0.2, -0.15) is 0 Å². The molecule has 2 aliphatic rings. The fourth-order valence-corrected chi connectivity index (χ4v) is 13.7. The molecule has 570 valence electrons. The van der Waals surface area contributed by atoms with Crippen molar-refractivity contribution in [1.82, 2.24) is 5.32 Å². The Bertz CT molecular complexity index is 1810. The van der Waals surface area contributed by atoms with Crippen LogP contribution in [0.3, 0.4) is 0 Å². The van der Waals surface area contributed by atoms with E-state index in [-0.39, 0.29) is 18.9 Å². The van der Waals surface area contributed by atoms with Crippen LogP contribution in [0.5, 0.6) is 0 Å². The predicted molar refractivity (Wildman–Crippen MR) is 401 cm³/mol. The highest BCUT2D eigenvalue weighted by Gasteiger charge is 2.51. The van der Waals surface area contributed by atoms with E-state index in [4.69, 9.17) is 18.9 Å². The van der Waals surface area contributed by atoms with Gasteiger partial charge in [-0.05, 0) is 57.8 Å². The fourth-order valence-electron chi connectivity index (χ4n) is 13.7. The second-order valence-corrected chi connectivity index (χ2v) is 29.3. The molecule has 2 fully saturated rings. The molecule has 14 heteroatoms. The van der Waals surface area contributed by atoms with E-state index in [0.717, 1.165) is 51.4 Å². The first-order chi connectivity index (χ1) is 47.6. The highest BCUT2D eigenvalue weighted by molar-refractivity contribution is 5.76. The van der Waals surface area contributed by atoms with Crippen molar-refractivity contribution < 1.29 is 64.6 Å². The van der Waals surface area contributed by atoms with Crippen LogP contribution in [0.15, 0.2) is 48.6 Å². The summed E-state index contributed by atoms with van der Waals surface area (Å²) in [6.45, 7) is 2.85. The van der Waals surface area contributed by atoms with E-state index < -0.39 is 86.8 Å². The summed E-state index contributed by atoms with van der Waals surface area (Å²) in [7, 11) is 0. The van der Waals surface area contributed by atoms with E-state index in [0.29, 0.717) is 6.42 Å². The molecule has 0 aliphatic carbocycles. The Morgan fingerprint density at radius 1 is 0.371 bits per heavy atom. The zero-order valence-electron chi connectivity index (χ0n) is 62.6. The van der Waals surface area contributed by atoms with E-state index in [1.807, 2.05) is 6.08 Å². The maximum absolute atomic E-state index is 13.4. The number of rotatable bonds is 70. The second kappa shape index (κ2) is 67.1. The molecule has 12 unspecified atom stereocenters. The number of nitrogens with one attached hydrogen (secondary N) is 1. The van der Waals surface area contributed by atoms with Crippen molar-refractivity contribution in [3.05, 3.63) is 48.6 Å². The third-order valence-corrected chi connectivity index (χ3v) is 20.3. The molecule has 9 N–H and O–H groups in total. The SMILES string of the molecule is CCCCCCC/C=C\C/C=C\C/C=C\CCCCCCCCCCCCCCCCCCCCCCCCCCCCC(=O)NC(COC1OC(CO)C(OC2OC(CO)C(O)C(O)C2O)C(O)C1O)C(O)/C=C/CCCCCCCCCCCCCCCCCCCCCC. The third-order valence-electron chi connectivity index (χ3n) is 20.3. The average Bonchev–Trinajstić information content (AvgIpc) is 0.794. The Kier molecular flexibility index (Phi) is 63.0. The van der Waals surface area contributed by atoms with Crippen LogP contribution >= 0.6 is 0 Å². The number of carbonyl (C=O) groups is 1. The van der Waals surface area contributed by atoms with Gasteiger partial charge in [-0.1, -0.05) is 364 Å². The molecule has 2 aliphatic heterocycles. The summed E-state index contributed by atoms with van der Waals surface area (Å²) in [5.41, 5.74) is 0. The summed E-state index contributed by atoms with van der Waals surface area (Å²) < 4.78 is 22.9. The molecule has 0 radical (unpaired) electrons. The quantitative estimate of drug-likeness (QED) is 0.0204. The van der Waals surface area contributed by atoms with Crippen molar-refractivity contribution >= 4 is 5.91 Å². The van der Waals surface area contributed by atoms with Gasteiger partial charge in [-0.25, -0.2) is 0 Å². The molecule has 12 atom stereocenters. The van der Waals surface area contributed by atoms with Gasteiger partial charge in [0.05, 0.1) is 32.0 Å². The van der Waals surface area contributed by atoms with E-state index in [2.05, 4.69) is 55.6 Å². The zero-order chi connectivity index (χ0) is 70.1. The summed E-state index contributed by atoms with van der Waals surface area (Å²) in [5, 5.41) is 87.7. The van der Waals surface area contributed by atoms with Gasteiger partial charge in [0.15, 0.2) is 12.6 Å². The normalized spacial score (nSPS) is 22.3. The first-order valence-corrected chi connectivity index (χ1v) is 41.4. The first kappa shape index (κ1) is 91.0. The van der Waals surface area contributed by atoms with Crippen LogP contribution < -0.4 is 5.32 Å². The fraction of sp³-hybridized carbons (Fsp3) is 0.892. The molecule has 0 aromatic heterocycles. The Balaban J connectivity index is 1.56. The summed E-state index contributed by atoms with van der Waals surface area (Å²) in [6.07, 6.45) is 73.5. The Labute approximate surface area is 594 Å². The van der Waals surface area contributed by atoms with Gasteiger partial charge in [-0.3, -0.25) is 4.79 Å². The number of unbranched alkanes of at least 4 members (excludes halogenated alkanes) is 51. The molecule has 2 saturated heterocycles. The van der Waals surface area contributed by atoms with Gasteiger partial charge >= 0.3 is 0 Å². The molecule has 14 nitrogen and oxygen atoms in total. The summed E-state index contributed by atoms with van der Waals surface area (Å²) in [5.74, 6) is -0.231. The molecule has 0 aromatic carbocycles. The van der Waals surface area contributed by atoms with Crippen LogP contribution in [0.1, 0.15) is 380 Å². The Morgan fingerprint density at radius 2 is 0.680 bits per heavy atom. The van der Waals surface area contributed by atoms with Gasteiger partial charge in [0.2, 0.25) is 5.91 Å². The highest BCUT2D eigenvalue weighted by Crippen LogP contribution is 2.30. The smallest absolute Gasteiger partial charge is 0.220 e. The van der Waals surface area contributed by atoms with E-state index in [9.17, 15) is 45.6 Å². The van der Waals surface area contributed by atoms with Crippen molar-refractivity contribution in [2.45, 2.75) is 453 Å². The molecule has 0 saturated carbocycles. The lowest BCUT2D eigenvalue weighted by Crippen LogP contribution is -2.65. The van der Waals surface area contributed by atoms with E-state index >= 15 is 0 Å². The topological polar surface area (TPSA) is 228 Å². The molecular formula is C83H155NO13. The van der Waals surface area contributed by atoms with Crippen molar-refractivity contribution in [1.29, 1.82) is 0 Å². The van der Waals surface area contributed by atoms with Crippen molar-refractivity contribution in [3.63, 3.8) is 0 Å². The molecule has 97 heavy (non-hydrogen) atoms. The van der Waals surface area contributed by atoms with Crippen LogP contribution in [-0.4, -0.2) is 140 Å². The van der Waals surface area contributed by atoms with Crippen LogP contribution in [0.4, 0.5) is 0 Å². The van der Waals surface area contributed by atoms with Gasteiger partial charge < -0.3 is 65.1 Å². The number of ether oxygens (including phenoxy) is 4. The minimum absolute atomic E-state index is 0.231. The molecular weight excluding hydrogens is 1220 g/mol. The van der Waals surface area contributed by atoms with Crippen LogP contribution in [-0.2, 0) is 23.7 Å². The minimum Gasteiger partial charge on any atom is -0.394 e. The van der Waals surface area contributed by atoms with Crippen LogP contribution in [0.2, 0.25) is 0 Å². The summed E-state index contributed by atoms with van der Waals surface area (Å²) >= 11 is 0. The largest absolute Gasteiger partial charge is 0.394 e. The molecule has 2 heterocycles. The Morgan fingerprint density at radius 3 is 1.04 bits per heavy atom. The zero-order valence-corrected chi connectivity index (χ0v) is 62.6. The summed E-state index contributed by atoms with van der Waals surface area (Å²) in [4.78, 5) is 13.4. The van der Waals surface area contributed by atoms with E-state index in [1.165, 1.54) is 302 Å². The molecule has 0 bridgehead atoms. The van der Waals surface area contributed by atoms with Crippen molar-refractivity contribution in [2.75, 3.05) is 19.8 Å². The molecule has 0 spiro atoms. The lowest BCUT2D eigenvalue weighted by atomic mass is 9.97. The van der Waals surface area contributed by atoms with Crippen molar-refractivity contribution in [3.8, 4) is 0 Å². The number of aliphatic hydroxyl groups is 8. The lowest BCUT2D eigenvalue weighted by molar-refractivity contribution is -0.359. The van der Waals surface area contributed by atoms with Gasteiger partial charge in [-0.15, -0.1) is 0 Å². The monoisotopic (exact) mass is 1370 g/mol. The average molecular weight is 1380 g/mol. The summed E-state index contributed by atoms with van der Waals surface area (Å²) in [6, 6.07) is -0.915. The number of amides is 1. The number of hydrogen-bond donors (Lipinski definition) is 9. The van der Waals surface area contributed by atoms with Crippen LogP contribution in [0, 0.1) is 0 Å². The van der Waals surface area contributed by atoms with Gasteiger partial charge in [0, 0.05) is 6.42 Å². The Hall–Kier alpha value is -2.05. The number of carbonyl (C=O) groups excluding carboxylic acids is 1. The first-order valence-electron chi connectivity index (χ1n) is 41.4. The maximum Gasteiger partial charge on any atom is 0.220 e. The molecule has 1 amide bonds. The maximum atomic E-state index is 13.4. The van der Waals surface area contributed by atoms with Gasteiger partial charge in [0.25, 0.3) is 0 Å². The van der Waals surface area contributed by atoms with Gasteiger partial charge in [0.1, 0.15) is 48.8 Å². The lowest BCUT2D eigenvalue weighted by Gasteiger charge is -2.46. The molecule has 2 rings (SSSR count). The minimum atomic E-state index is -1.79. The molecule has 0 aromatic rings. The van der Waals surface area contributed by atoms with Crippen molar-refractivity contribution in [2.24, 2.45) is 0 Å². The third kappa shape index (κ3) is 50.1. The standard InChI is InChI=1S/C83H155NO13/c1-3-5-7-9-11-13-15-17-19-21-23-25-27-28-29-30-31-32-33-34-35-36-37-38-39-40-41-42-43-44-45-47-49-51-53-55-57-59-61-63-65-67-75(88)84-71(70-94-82-80(93)78(91)81(74(69-86)96-82)97-83-79(92)77(90)76(89)73(68-85)95-83)72(87)66-64-62-60-58-56-54-52-50-48-46-26-24-22-20-18-16-14-12-10-8-6-4-2/h15,17,21,23,27-28,64,66,71-74,76-83,85-87,89-93H,3-14,16,18-20,22,24-26,29-63,65,67-70H2,1-2H3,(H,84,88)/b17-15-,23-21-,28-27-,66-64+. The predicted octanol–water partition coefficient (Wildman–Crippen LogP) is 19.0. The highest BCUT2D eigenvalue weighted by atomic mass is 16.7. The number of hydrogen-bond acceptors (Lipinski definition) is 13. The number of aliphatic hydroxyl groups excluding tert-OH is 8. The number of allylic oxidation sites excluding steroid dienone is 7. The second-order valence-electron chi connectivity index (χ2n) is 29.3.